The van der Waals surface area contributed by atoms with E-state index in [1.54, 1.807) is 5.41 Å². The van der Waals surface area contributed by atoms with Gasteiger partial charge in [-0.3, -0.25) is 4.79 Å². The van der Waals surface area contributed by atoms with Gasteiger partial charge in [0, 0.05) is 17.7 Å². The molecule has 78 valence electrons. The summed E-state index contributed by atoms with van der Waals surface area (Å²) in [5, 5.41) is 10.1. The first kappa shape index (κ1) is 11.1. The number of cyclic esters (lactones) is 1. The van der Waals surface area contributed by atoms with Crippen LogP contribution in [-0.2, 0) is 14.3 Å². The predicted molar refractivity (Wildman–Crippen MR) is 51.7 cm³/mol. The van der Waals surface area contributed by atoms with E-state index in [-0.39, 0.29) is 11.7 Å². The minimum absolute atomic E-state index is 0.256. The number of nitrogens with two attached hydrogens (primary N) is 1. The molecule has 0 radical (unpaired) electrons. The summed E-state index contributed by atoms with van der Waals surface area (Å²) in [5.41, 5.74) is 5.86. The maximum absolute atomic E-state index is 10.9. The Hall–Kier alpha value is -1.01. The van der Waals surface area contributed by atoms with Crippen LogP contribution < -0.4 is 5.73 Å². The number of carboxylic acid groups (broad SMARTS) is 1. The van der Waals surface area contributed by atoms with E-state index in [1.807, 2.05) is 0 Å². The molecule has 0 aliphatic carbocycles. The summed E-state index contributed by atoms with van der Waals surface area (Å²) in [5.74, 6) is -1.10. The number of carboxylic acids is 1. The van der Waals surface area contributed by atoms with Gasteiger partial charge >= 0.3 is 11.9 Å². The zero-order valence-corrected chi connectivity index (χ0v) is 8.25. The number of carbonyl (C=O) groups excluding carboxylic acids is 1. The lowest BCUT2D eigenvalue weighted by Gasteiger charge is -2.02. The van der Waals surface area contributed by atoms with Crippen molar-refractivity contribution in [3.63, 3.8) is 0 Å². The van der Waals surface area contributed by atoms with Gasteiger partial charge in [-0.15, -0.1) is 11.8 Å². The van der Waals surface area contributed by atoms with E-state index in [4.69, 9.17) is 15.6 Å². The van der Waals surface area contributed by atoms with Crippen molar-refractivity contribution in [3.8, 4) is 0 Å². The molecule has 0 aromatic carbocycles. The lowest BCUT2D eigenvalue weighted by molar-refractivity contribution is -0.138. The highest BCUT2D eigenvalue weighted by atomic mass is 32.2. The molecule has 6 heteroatoms. The van der Waals surface area contributed by atoms with Crippen LogP contribution in [0.1, 0.15) is 6.42 Å². The molecule has 0 saturated carbocycles. The molecule has 0 aromatic rings. The lowest BCUT2D eigenvalue weighted by atomic mass is 10.3. The Morgan fingerprint density at radius 2 is 2.50 bits per heavy atom. The molecule has 3 N–H and O–H groups in total. The van der Waals surface area contributed by atoms with E-state index in [1.165, 1.54) is 11.8 Å². The van der Waals surface area contributed by atoms with Crippen molar-refractivity contribution in [2.24, 2.45) is 5.73 Å². The normalized spacial score (nSPS) is 20.9. The molecular weight excluding hydrogens is 206 g/mol. The Balaban J connectivity index is 2.32. The average molecular weight is 217 g/mol. The summed E-state index contributed by atoms with van der Waals surface area (Å²) in [6, 6.07) is -0.894. The van der Waals surface area contributed by atoms with Gasteiger partial charge < -0.3 is 15.6 Å². The molecule has 0 aromatic heterocycles. The number of thioether (sulfide) groups is 1. The second-order valence-electron chi connectivity index (χ2n) is 2.81. The third-order valence-corrected chi connectivity index (χ3v) is 2.69. The topological polar surface area (TPSA) is 89.6 Å². The first-order chi connectivity index (χ1) is 6.61. The van der Waals surface area contributed by atoms with Crippen LogP contribution in [0.3, 0.4) is 0 Å². The van der Waals surface area contributed by atoms with Crippen LogP contribution in [-0.4, -0.2) is 35.4 Å². The molecule has 1 saturated heterocycles. The predicted octanol–water partition coefficient (Wildman–Crippen LogP) is -0.0377. The van der Waals surface area contributed by atoms with E-state index >= 15 is 0 Å². The Morgan fingerprint density at radius 1 is 1.79 bits per heavy atom. The summed E-state index contributed by atoms with van der Waals surface area (Å²) >= 11 is 1.22. The fourth-order valence-corrected chi connectivity index (χ4v) is 1.74. The molecule has 0 amide bonds. The van der Waals surface area contributed by atoms with Gasteiger partial charge in [-0.05, 0) is 5.41 Å². The third-order valence-electron chi connectivity index (χ3n) is 1.69. The van der Waals surface area contributed by atoms with E-state index in [2.05, 4.69) is 0 Å². The highest BCUT2D eigenvalue weighted by Gasteiger charge is 2.18. The van der Waals surface area contributed by atoms with Gasteiger partial charge in [0.1, 0.15) is 6.04 Å². The largest absolute Gasteiger partial charge is 0.480 e. The second-order valence-corrected chi connectivity index (χ2v) is 3.71. The highest BCUT2D eigenvalue weighted by Crippen LogP contribution is 2.17. The van der Waals surface area contributed by atoms with Crippen LogP contribution in [0.4, 0.5) is 0 Å². The zero-order chi connectivity index (χ0) is 10.6. The fraction of sp³-hybridized carbons (Fsp3) is 0.500. The molecule has 1 fully saturated rings. The number of aliphatic carboxylic acids is 1. The molecule has 14 heavy (non-hydrogen) atoms. The standard InChI is InChI=1S/C8H11NO4S/c9-6(7(10)11)4-14-3-5-1-2-13-8(5)12/h3,6H,1-2,4,9H2,(H,10,11)/b5-3+. The van der Waals surface area contributed by atoms with Crippen molar-refractivity contribution < 1.29 is 19.4 Å². The monoisotopic (exact) mass is 217 g/mol. The van der Waals surface area contributed by atoms with Gasteiger partial charge in [-0.25, -0.2) is 4.79 Å². The van der Waals surface area contributed by atoms with Gasteiger partial charge in [0.2, 0.25) is 0 Å². The van der Waals surface area contributed by atoms with Gasteiger partial charge in [0.25, 0.3) is 0 Å². The molecule has 1 heterocycles. The summed E-state index contributed by atoms with van der Waals surface area (Å²) in [4.78, 5) is 21.3. The number of hydrogen-bond donors (Lipinski definition) is 2. The number of ether oxygens (including phenoxy) is 1. The highest BCUT2D eigenvalue weighted by molar-refractivity contribution is 8.02. The Morgan fingerprint density at radius 3 is 3.00 bits per heavy atom. The van der Waals surface area contributed by atoms with Crippen LogP contribution in [0.5, 0.6) is 0 Å². The minimum atomic E-state index is -1.04. The Bertz CT molecular complexity index is 277. The summed E-state index contributed by atoms with van der Waals surface area (Å²) in [6.07, 6.45) is 0.591. The summed E-state index contributed by atoms with van der Waals surface area (Å²) < 4.78 is 4.70. The second kappa shape index (κ2) is 5.02. The number of esters is 1. The quantitative estimate of drug-likeness (QED) is 0.507. The van der Waals surface area contributed by atoms with Crippen molar-refractivity contribution in [1.29, 1.82) is 0 Å². The maximum atomic E-state index is 10.9. The Kier molecular flexibility index (Phi) is 3.97. The SMILES string of the molecule is NC(CS/C=C1\CCOC1=O)C(=O)O. The molecule has 1 atom stereocenters. The molecule has 5 nitrogen and oxygen atoms in total. The van der Waals surface area contributed by atoms with E-state index < -0.39 is 12.0 Å². The molecular formula is C8H11NO4S. The fourth-order valence-electron chi connectivity index (χ4n) is 0.879. The van der Waals surface area contributed by atoms with Crippen molar-refractivity contribution in [2.75, 3.05) is 12.4 Å². The number of rotatable bonds is 4. The van der Waals surface area contributed by atoms with Crippen LogP contribution in [0.15, 0.2) is 11.0 Å². The molecule has 1 aliphatic rings. The third kappa shape index (κ3) is 3.04. The van der Waals surface area contributed by atoms with Crippen molar-refractivity contribution >= 4 is 23.7 Å². The van der Waals surface area contributed by atoms with Crippen LogP contribution in [0.2, 0.25) is 0 Å². The molecule has 1 unspecified atom stereocenters. The number of hydrogen-bond acceptors (Lipinski definition) is 5. The minimum Gasteiger partial charge on any atom is -0.480 e. The lowest BCUT2D eigenvalue weighted by Crippen LogP contribution is -2.32. The van der Waals surface area contributed by atoms with Gasteiger partial charge in [-0.2, -0.15) is 0 Å². The van der Waals surface area contributed by atoms with E-state index in [9.17, 15) is 9.59 Å². The van der Waals surface area contributed by atoms with Crippen molar-refractivity contribution in [3.05, 3.63) is 11.0 Å². The summed E-state index contributed by atoms with van der Waals surface area (Å²) in [6.45, 7) is 0.413. The first-order valence-corrected chi connectivity index (χ1v) is 5.12. The van der Waals surface area contributed by atoms with Crippen LogP contribution in [0, 0.1) is 0 Å². The van der Waals surface area contributed by atoms with Gasteiger partial charge in [0.05, 0.1) is 6.61 Å². The van der Waals surface area contributed by atoms with Gasteiger partial charge in [0.15, 0.2) is 0 Å². The maximum Gasteiger partial charge on any atom is 0.334 e. The number of carbonyl (C=O) groups is 2. The molecule has 1 rings (SSSR count). The van der Waals surface area contributed by atoms with Crippen molar-refractivity contribution in [2.45, 2.75) is 12.5 Å². The van der Waals surface area contributed by atoms with Crippen LogP contribution >= 0.6 is 11.8 Å². The smallest absolute Gasteiger partial charge is 0.334 e. The summed E-state index contributed by atoms with van der Waals surface area (Å²) in [7, 11) is 0. The van der Waals surface area contributed by atoms with E-state index in [0.29, 0.717) is 18.6 Å². The van der Waals surface area contributed by atoms with Gasteiger partial charge in [-0.1, -0.05) is 0 Å². The molecule has 1 aliphatic heterocycles. The van der Waals surface area contributed by atoms with Crippen LogP contribution in [0.25, 0.3) is 0 Å². The van der Waals surface area contributed by atoms with Crippen molar-refractivity contribution in [1.82, 2.24) is 0 Å². The zero-order valence-electron chi connectivity index (χ0n) is 7.43. The first-order valence-electron chi connectivity index (χ1n) is 4.07. The Labute approximate surface area is 85.3 Å². The molecule has 0 spiro atoms. The average Bonchev–Trinajstić information content (AvgIpc) is 2.51. The molecule has 0 bridgehead atoms. The van der Waals surface area contributed by atoms with E-state index in [0.717, 1.165) is 0 Å².